The van der Waals surface area contributed by atoms with Crippen molar-refractivity contribution in [3.8, 4) is 5.75 Å². The summed E-state index contributed by atoms with van der Waals surface area (Å²) in [6.45, 7) is 7.04. The molecule has 29 heavy (non-hydrogen) atoms. The van der Waals surface area contributed by atoms with Gasteiger partial charge in [-0.2, -0.15) is 0 Å². The van der Waals surface area contributed by atoms with E-state index in [-0.39, 0.29) is 0 Å². The maximum Gasteiger partial charge on any atom is 0.320 e. The van der Waals surface area contributed by atoms with E-state index in [4.69, 9.17) is 4.74 Å². The predicted octanol–water partition coefficient (Wildman–Crippen LogP) is 5.32. The van der Waals surface area contributed by atoms with Crippen molar-refractivity contribution in [1.82, 2.24) is 5.32 Å². The van der Waals surface area contributed by atoms with Gasteiger partial charge in [0.1, 0.15) is 18.4 Å². The number of hydrogen-bond donors (Lipinski definition) is 2. The highest BCUT2D eigenvalue weighted by atomic mass is 16.5. The van der Waals surface area contributed by atoms with E-state index in [1.807, 2.05) is 44.2 Å². The minimum absolute atomic E-state index is 0.299. The van der Waals surface area contributed by atoms with Gasteiger partial charge in [0.2, 0.25) is 0 Å². The second kappa shape index (κ2) is 9.57. The summed E-state index contributed by atoms with van der Waals surface area (Å²) in [5, 5.41) is 15.0. The zero-order valence-electron chi connectivity index (χ0n) is 17.3. The van der Waals surface area contributed by atoms with Crippen LogP contribution in [0.15, 0.2) is 60.7 Å². The highest BCUT2D eigenvalue weighted by Crippen LogP contribution is 2.29. The third-order valence-electron chi connectivity index (χ3n) is 5.00. The first-order valence-corrected chi connectivity index (χ1v) is 10.1. The second-order valence-electron chi connectivity index (χ2n) is 7.94. The number of hydrogen-bond acceptors (Lipinski definition) is 3. The van der Waals surface area contributed by atoms with Crippen molar-refractivity contribution < 1.29 is 14.6 Å². The summed E-state index contributed by atoms with van der Waals surface area (Å²) in [7, 11) is 0. The van der Waals surface area contributed by atoms with Gasteiger partial charge in [-0.3, -0.25) is 4.79 Å². The van der Waals surface area contributed by atoms with Crippen LogP contribution in [0.4, 0.5) is 0 Å². The maximum atomic E-state index is 11.7. The Morgan fingerprint density at radius 1 is 1.07 bits per heavy atom. The molecule has 0 radical (unpaired) electrons. The van der Waals surface area contributed by atoms with Crippen LogP contribution in [-0.4, -0.2) is 17.1 Å². The Hall–Kier alpha value is -2.85. The van der Waals surface area contributed by atoms with Crippen LogP contribution in [0, 0.1) is 12.8 Å². The summed E-state index contributed by atoms with van der Waals surface area (Å²) in [5.41, 5.74) is 3.30. The summed E-state index contributed by atoms with van der Waals surface area (Å²) in [6.07, 6.45) is 0.583. The Morgan fingerprint density at radius 3 is 2.59 bits per heavy atom. The number of nitrogens with one attached hydrogen (secondary N) is 1. The Labute approximate surface area is 172 Å². The average Bonchev–Trinajstić information content (AvgIpc) is 2.69. The number of carbonyl (C=O) groups is 1. The molecule has 0 aliphatic rings. The first-order chi connectivity index (χ1) is 13.9. The van der Waals surface area contributed by atoms with E-state index < -0.39 is 12.0 Å². The molecule has 3 rings (SSSR count). The van der Waals surface area contributed by atoms with E-state index in [9.17, 15) is 9.90 Å². The summed E-state index contributed by atoms with van der Waals surface area (Å²) in [5.74, 6) is 0.265. The fourth-order valence-electron chi connectivity index (χ4n) is 3.56. The molecular formula is C25H29NO3. The summed E-state index contributed by atoms with van der Waals surface area (Å²) in [6, 6.07) is 19.8. The van der Waals surface area contributed by atoms with Crippen molar-refractivity contribution >= 4 is 16.7 Å². The molecule has 0 heterocycles. The smallest absolute Gasteiger partial charge is 0.320 e. The van der Waals surface area contributed by atoms with Crippen molar-refractivity contribution in [3.05, 3.63) is 77.4 Å². The lowest BCUT2D eigenvalue weighted by atomic mass is 10.0. The van der Waals surface area contributed by atoms with E-state index >= 15 is 0 Å². The number of carboxylic acid groups (broad SMARTS) is 1. The van der Waals surface area contributed by atoms with Crippen LogP contribution < -0.4 is 10.1 Å². The van der Waals surface area contributed by atoms with Crippen molar-refractivity contribution in [2.75, 3.05) is 0 Å². The molecule has 0 spiro atoms. The Bertz CT molecular complexity index is 981. The van der Waals surface area contributed by atoms with Crippen LogP contribution >= 0.6 is 0 Å². The Kier molecular flexibility index (Phi) is 6.89. The van der Waals surface area contributed by atoms with E-state index in [1.165, 1.54) is 5.56 Å². The largest absolute Gasteiger partial charge is 0.489 e. The molecule has 152 valence electrons. The highest BCUT2D eigenvalue weighted by molar-refractivity contribution is 5.87. The number of ether oxygens (including phenoxy) is 1. The van der Waals surface area contributed by atoms with Gasteiger partial charge in [0.15, 0.2) is 0 Å². The molecule has 3 aromatic rings. The van der Waals surface area contributed by atoms with Gasteiger partial charge in [0.25, 0.3) is 0 Å². The molecule has 4 heteroatoms. The first-order valence-electron chi connectivity index (χ1n) is 10.1. The zero-order valence-corrected chi connectivity index (χ0v) is 17.3. The van der Waals surface area contributed by atoms with Gasteiger partial charge in [-0.15, -0.1) is 0 Å². The number of rotatable bonds is 9. The van der Waals surface area contributed by atoms with E-state index in [2.05, 4.69) is 42.6 Å². The lowest BCUT2D eigenvalue weighted by Gasteiger charge is -2.19. The minimum Gasteiger partial charge on any atom is -0.489 e. The summed E-state index contributed by atoms with van der Waals surface area (Å²) in [4.78, 5) is 11.7. The van der Waals surface area contributed by atoms with E-state index in [1.54, 1.807) is 0 Å². The maximum absolute atomic E-state index is 11.7. The van der Waals surface area contributed by atoms with E-state index in [0.29, 0.717) is 25.5 Å². The third kappa shape index (κ3) is 5.58. The number of aryl methyl sites for hydroxylation is 1. The summed E-state index contributed by atoms with van der Waals surface area (Å²) < 4.78 is 6.17. The fraction of sp³-hybridized carbons (Fsp3) is 0.320. The van der Waals surface area contributed by atoms with Crippen LogP contribution in [0.5, 0.6) is 5.75 Å². The van der Waals surface area contributed by atoms with Crippen LogP contribution in [0.25, 0.3) is 10.8 Å². The van der Waals surface area contributed by atoms with E-state index in [0.717, 1.165) is 27.6 Å². The Balaban J connectivity index is 1.86. The molecule has 0 aliphatic heterocycles. The minimum atomic E-state index is -0.818. The molecule has 1 atom stereocenters. The first kappa shape index (κ1) is 20.9. The van der Waals surface area contributed by atoms with Crippen molar-refractivity contribution in [1.29, 1.82) is 0 Å². The number of aliphatic carboxylic acids is 1. The van der Waals surface area contributed by atoms with Gasteiger partial charge >= 0.3 is 5.97 Å². The monoisotopic (exact) mass is 391 g/mol. The zero-order chi connectivity index (χ0) is 20.8. The lowest BCUT2D eigenvalue weighted by Crippen LogP contribution is -2.37. The normalized spacial score (nSPS) is 12.3. The molecular weight excluding hydrogens is 362 g/mol. The molecule has 0 amide bonds. The van der Waals surface area contributed by atoms with Gasteiger partial charge in [0.05, 0.1) is 0 Å². The van der Waals surface area contributed by atoms with Crippen LogP contribution in [0.1, 0.15) is 37.0 Å². The average molecular weight is 392 g/mol. The van der Waals surface area contributed by atoms with Gasteiger partial charge in [-0.05, 0) is 41.7 Å². The van der Waals surface area contributed by atoms with Crippen LogP contribution in [-0.2, 0) is 17.9 Å². The molecule has 0 fully saturated rings. The van der Waals surface area contributed by atoms with Gasteiger partial charge in [-0.25, -0.2) is 0 Å². The standard InChI is InChI=1S/C25H29NO3/c1-17(2)13-23(25(27)28)26-15-22-21-10-5-4-9-20(21)11-12-24(22)29-16-19-8-6-7-18(3)14-19/h4-12,14,17,23,26H,13,15-16H2,1-3H3,(H,27,28). The van der Waals surface area contributed by atoms with Crippen LogP contribution in [0.3, 0.4) is 0 Å². The SMILES string of the molecule is Cc1cccc(COc2ccc3ccccc3c2CNC(CC(C)C)C(=O)O)c1. The molecule has 1 unspecified atom stereocenters. The molecule has 4 nitrogen and oxygen atoms in total. The van der Waals surface area contributed by atoms with Crippen molar-refractivity contribution in [3.63, 3.8) is 0 Å². The molecule has 0 bridgehead atoms. The molecule has 3 aromatic carbocycles. The van der Waals surface area contributed by atoms with Gasteiger partial charge < -0.3 is 15.2 Å². The fourth-order valence-corrected chi connectivity index (χ4v) is 3.56. The van der Waals surface area contributed by atoms with Crippen molar-refractivity contribution in [2.45, 2.75) is 46.4 Å². The number of carboxylic acids is 1. The number of fused-ring (bicyclic) bond motifs is 1. The molecule has 0 aliphatic carbocycles. The quantitative estimate of drug-likeness (QED) is 0.518. The number of benzene rings is 3. The molecule has 0 saturated heterocycles. The molecule has 2 N–H and O–H groups in total. The molecule has 0 saturated carbocycles. The van der Waals surface area contributed by atoms with Gasteiger partial charge in [-0.1, -0.05) is 74.0 Å². The molecule has 0 aromatic heterocycles. The topological polar surface area (TPSA) is 58.6 Å². The second-order valence-corrected chi connectivity index (χ2v) is 7.94. The van der Waals surface area contributed by atoms with Gasteiger partial charge in [0, 0.05) is 12.1 Å². The van der Waals surface area contributed by atoms with Crippen molar-refractivity contribution in [2.24, 2.45) is 5.92 Å². The van der Waals surface area contributed by atoms with Crippen LogP contribution in [0.2, 0.25) is 0 Å². The third-order valence-corrected chi connectivity index (χ3v) is 5.00. The highest BCUT2D eigenvalue weighted by Gasteiger charge is 2.19. The predicted molar refractivity (Wildman–Crippen MR) is 117 cm³/mol. The lowest BCUT2D eigenvalue weighted by molar-refractivity contribution is -0.140. The Morgan fingerprint density at radius 2 is 1.86 bits per heavy atom. The summed E-state index contributed by atoms with van der Waals surface area (Å²) >= 11 is 0.